The van der Waals surface area contributed by atoms with Crippen LogP contribution in [0.3, 0.4) is 0 Å². The van der Waals surface area contributed by atoms with E-state index < -0.39 is 23.1 Å². The number of morpholine rings is 1. The number of rotatable bonds is 5. The number of anilines is 3. The number of hydrogen-bond donors (Lipinski definition) is 2. The lowest BCUT2D eigenvalue weighted by atomic mass is 10.1. The molecule has 0 saturated carbocycles. The summed E-state index contributed by atoms with van der Waals surface area (Å²) in [6, 6.07) is 9.91. The SMILES string of the molecule is NC(=O)c1c(F)cc(-c2cnc(Nc3ccc(N4CCOCC4)cc3)c3ncnn23)cc1F. The molecular weight excluding hydrogens is 432 g/mol. The Balaban J connectivity index is 1.45. The lowest BCUT2D eigenvalue weighted by Crippen LogP contribution is -2.36. The Morgan fingerprint density at radius 1 is 1.06 bits per heavy atom. The number of ether oxygens (including phenoxy) is 1. The normalized spacial score (nSPS) is 13.9. The van der Waals surface area contributed by atoms with Gasteiger partial charge < -0.3 is 20.7 Å². The zero-order chi connectivity index (χ0) is 22.9. The van der Waals surface area contributed by atoms with Crippen LogP contribution in [0.15, 0.2) is 48.9 Å². The minimum absolute atomic E-state index is 0.138. The summed E-state index contributed by atoms with van der Waals surface area (Å²) in [5, 5.41) is 7.36. The van der Waals surface area contributed by atoms with Crippen molar-refractivity contribution in [2.24, 2.45) is 5.73 Å². The van der Waals surface area contributed by atoms with E-state index in [0.717, 1.165) is 36.6 Å². The van der Waals surface area contributed by atoms with Crippen molar-refractivity contribution in [2.45, 2.75) is 0 Å². The second-order valence-electron chi connectivity index (χ2n) is 7.44. The van der Waals surface area contributed by atoms with Gasteiger partial charge in [-0.1, -0.05) is 0 Å². The summed E-state index contributed by atoms with van der Waals surface area (Å²) in [5.41, 5.74) is 6.95. The molecule has 4 aromatic rings. The third-order valence-corrected chi connectivity index (χ3v) is 5.39. The number of halogens is 2. The van der Waals surface area contributed by atoms with Crippen LogP contribution in [0.4, 0.5) is 26.0 Å². The van der Waals surface area contributed by atoms with E-state index in [9.17, 15) is 13.6 Å². The second-order valence-corrected chi connectivity index (χ2v) is 7.44. The zero-order valence-corrected chi connectivity index (χ0v) is 17.3. The largest absolute Gasteiger partial charge is 0.378 e. The van der Waals surface area contributed by atoms with Crippen LogP contribution in [0, 0.1) is 11.6 Å². The Morgan fingerprint density at radius 3 is 2.42 bits per heavy atom. The minimum Gasteiger partial charge on any atom is -0.378 e. The number of benzene rings is 2. The van der Waals surface area contributed by atoms with Crippen LogP contribution >= 0.6 is 0 Å². The number of hydrogen-bond acceptors (Lipinski definition) is 7. The van der Waals surface area contributed by atoms with Gasteiger partial charge in [-0.2, -0.15) is 5.10 Å². The van der Waals surface area contributed by atoms with Crippen molar-refractivity contribution < 1.29 is 18.3 Å². The van der Waals surface area contributed by atoms with Crippen LogP contribution in [0.1, 0.15) is 10.4 Å². The van der Waals surface area contributed by atoms with Crippen LogP contribution in [0.25, 0.3) is 16.9 Å². The first-order valence-electron chi connectivity index (χ1n) is 10.2. The summed E-state index contributed by atoms with van der Waals surface area (Å²) in [6.07, 6.45) is 2.74. The molecule has 1 aliphatic rings. The number of amides is 1. The van der Waals surface area contributed by atoms with Crippen molar-refractivity contribution in [1.29, 1.82) is 0 Å². The molecule has 3 N–H and O–H groups in total. The summed E-state index contributed by atoms with van der Waals surface area (Å²) in [6.45, 7) is 3.11. The van der Waals surface area contributed by atoms with Crippen LogP contribution < -0.4 is 16.0 Å². The van der Waals surface area contributed by atoms with E-state index in [4.69, 9.17) is 10.5 Å². The predicted molar refractivity (Wildman–Crippen MR) is 117 cm³/mol. The molecule has 3 heterocycles. The Hall–Kier alpha value is -4.12. The number of fused-ring (bicyclic) bond motifs is 1. The van der Waals surface area contributed by atoms with Crippen LogP contribution in [-0.4, -0.2) is 51.8 Å². The number of nitrogens with one attached hydrogen (secondary N) is 1. The van der Waals surface area contributed by atoms with E-state index in [1.807, 2.05) is 24.3 Å². The fraction of sp³-hybridized carbons (Fsp3) is 0.182. The van der Waals surface area contributed by atoms with Gasteiger partial charge >= 0.3 is 0 Å². The molecule has 5 rings (SSSR count). The number of aromatic nitrogens is 4. The lowest BCUT2D eigenvalue weighted by Gasteiger charge is -2.28. The molecule has 0 aliphatic carbocycles. The summed E-state index contributed by atoms with van der Waals surface area (Å²) >= 11 is 0. The second kappa shape index (κ2) is 8.43. The first-order valence-corrected chi connectivity index (χ1v) is 10.2. The molecule has 0 atom stereocenters. The summed E-state index contributed by atoms with van der Waals surface area (Å²) in [5.74, 6) is -2.88. The van der Waals surface area contributed by atoms with Gasteiger partial charge in [-0.15, -0.1) is 0 Å². The minimum atomic E-state index is -1.18. The highest BCUT2D eigenvalue weighted by Crippen LogP contribution is 2.28. The van der Waals surface area contributed by atoms with E-state index >= 15 is 0 Å². The van der Waals surface area contributed by atoms with E-state index in [1.165, 1.54) is 17.0 Å². The van der Waals surface area contributed by atoms with Crippen molar-refractivity contribution in [3.63, 3.8) is 0 Å². The number of carbonyl (C=O) groups excluding carboxylic acids is 1. The molecule has 0 spiro atoms. The fourth-order valence-electron chi connectivity index (χ4n) is 3.77. The van der Waals surface area contributed by atoms with E-state index in [0.29, 0.717) is 30.4 Å². The molecule has 33 heavy (non-hydrogen) atoms. The van der Waals surface area contributed by atoms with Crippen molar-refractivity contribution in [3.05, 3.63) is 66.1 Å². The first-order chi connectivity index (χ1) is 16.0. The molecule has 9 nitrogen and oxygen atoms in total. The van der Waals surface area contributed by atoms with Gasteiger partial charge in [0.15, 0.2) is 11.5 Å². The number of nitrogens with two attached hydrogens (primary N) is 1. The molecule has 1 fully saturated rings. The first kappa shape index (κ1) is 20.8. The summed E-state index contributed by atoms with van der Waals surface area (Å²) < 4.78 is 35.4. The highest BCUT2D eigenvalue weighted by atomic mass is 19.1. The summed E-state index contributed by atoms with van der Waals surface area (Å²) in [4.78, 5) is 22.1. The molecule has 2 aromatic carbocycles. The fourth-order valence-corrected chi connectivity index (χ4v) is 3.77. The Bertz CT molecular complexity index is 1310. The maximum absolute atomic E-state index is 14.3. The summed E-state index contributed by atoms with van der Waals surface area (Å²) in [7, 11) is 0. The average molecular weight is 451 g/mol. The average Bonchev–Trinajstić information content (AvgIpc) is 3.30. The van der Waals surface area contributed by atoms with Crippen molar-refractivity contribution in [3.8, 4) is 11.3 Å². The molecule has 168 valence electrons. The van der Waals surface area contributed by atoms with Crippen LogP contribution in [-0.2, 0) is 4.74 Å². The highest BCUT2D eigenvalue weighted by Gasteiger charge is 2.19. The monoisotopic (exact) mass is 451 g/mol. The molecular formula is C22H19F2N7O2. The Labute approximate surface area is 186 Å². The van der Waals surface area contributed by atoms with Gasteiger partial charge in [-0.3, -0.25) is 4.79 Å². The number of primary amides is 1. The maximum Gasteiger partial charge on any atom is 0.254 e. The van der Waals surface area contributed by atoms with E-state index in [1.54, 1.807) is 0 Å². The zero-order valence-electron chi connectivity index (χ0n) is 17.3. The van der Waals surface area contributed by atoms with Crippen molar-refractivity contribution in [1.82, 2.24) is 19.6 Å². The highest BCUT2D eigenvalue weighted by molar-refractivity contribution is 5.94. The quantitative estimate of drug-likeness (QED) is 0.480. The standard InChI is InChI=1S/C22H19F2N7O2/c23-16-9-13(10-17(24)19(16)20(25)32)18-11-26-21(22-27-12-28-31(18)22)29-14-1-3-15(4-2-14)30-5-7-33-8-6-30/h1-4,9-12H,5-8H2,(H2,25,32)(H,26,29). The molecule has 11 heteroatoms. The van der Waals surface area contributed by atoms with Gasteiger partial charge in [-0.25, -0.2) is 23.3 Å². The number of nitrogens with zero attached hydrogens (tertiary/aromatic N) is 5. The lowest BCUT2D eigenvalue weighted by molar-refractivity contribution is 0.0992. The smallest absolute Gasteiger partial charge is 0.254 e. The Morgan fingerprint density at radius 2 is 1.76 bits per heavy atom. The van der Waals surface area contributed by atoms with Crippen molar-refractivity contribution in [2.75, 3.05) is 36.5 Å². The van der Waals surface area contributed by atoms with Gasteiger partial charge in [0.2, 0.25) is 0 Å². The maximum atomic E-state index is 14.3. The van der Waals surface area contributed by atoms with Gasteiger partial charge in [0.05, 0.1) is 25.1 Å². The van der Waals surface area contributed by atoms with E-state index in [-0.39, 0.29) is 5.56 Å². The number of carbonyl (C=O) groups is 1. The predicted octanol–water partition coefficient (Wildman–Crippen LogP) is 2.75. The topological polar surface area (TPSA) is 111 Å². The van der Waals surface area contributed by atoms with Crippen molar-refractivity contribution >= 4 is 28.7 Å². The van der Waals surface area contributed by atoms with Crippen LogP contribution in [0.5, 0.6) is 0 Å². The molecule has 2 aromatic heterocycles. The van der Waals surface area contributed by atoms with E-state index in [2.05, 4.69) is 25.3 Å². The van der Waals surface area contributed by atoms with Gasteiger partial charge in [0.1, 0.15) is 23.5 Å². The van der Waals surface area contributed by atoms with Gasteiger partial charge in [-0.05, 0) is 36.4 Å². The Kier molecular flexibility index (Phi) is 5.31. The molecule has 0 radical (unpaired) electrons. The molecule has 0 bridgehead atoms. The van der Waals surface area contributed by atoms with Crippen LogP contribution in [0.2, 0.25) is 0 Å². The molecule has 0 unspecified atom stereocenters. The van der Waals surface area contributed by atoms with Gasteiger partial charge in [0, 0.05) is 30.0 Å². The van der Waals surface area contributed by atoms with Gasteiger partial charge in [0.25, 0.3) is 5.91 Å². The molecule has 1 aliphatic heterocycles. The third-order valence-electron chi connectivity index (χ3n) is 5.39. The third kappa shape index (κ3) is 3.94. The molecule has 1 saturated heterocycles. The molecule has 1 amide bonds.